The third-order valence-electron chi connectivity index (χ3n) is 2.38. The second-order valence-corrected chi connectivity index (χ2v) is 4.52. The van der Waals surface area contributed by atoms with Crippen molar-refractivity contribution in [3.05, 3.63) is 52.5 Å². The molecule has 0 amide bonds. The van der Waals surface area contributed by atoms with Gasteiger partial charge in [0.25, 0.3) is 0 Å². The van der Waals surface area contributed by atoms with E-state index in [4.69, 9.17) is 5.26 Å². The van der Waals surface area contributed by atoms with Crippen molar-refractivity contribution in [2.45, 2.75) is 12.3 Å². The number of rotatable bonds is 4. The minimum atomic E-state index is -0.371. The van der Waals surface area contributed by atoms with E-state index in [1.54, 1.807) is 24.4 Å². The molecule has 17 heavy (non-hydrogen) atoms. The summed E-state index contributed by atoms with van der Waals surface area (Å²) in [5.41, 5.74) is 0.421. The zero-order valence-corrected chi connectivity index (χ0v) is 9.85. The van der Waals surface area contributed by atoms with Gasteiger partial charge in [0, 0.05) is 17.5 Å². The summed E-state index contributed by atoms with van der Waals surface area (Å²) >= 11 is 1.50. The molecule has 0 N–H and O–H groups in total. The van der Waals surface area contributed by atoms with E-state index in [1.165, 1.54) is 11.3 Å². The van der Waals surface area contributed by atoms with E-state index in [0.29, 0.717) is 5.69 Å². The molecule has 2 aromatic rings. The zero-order chi connectivity index (χ0) is 12.1. The lowest BCUT2D eigenvalue weighted by Gasteiger charge is -2.05. The lowest BCUT2D eigenvalue weighted by molar-refractivity contribution is 0.0974. The second-order valence-electron chi connectivity index (χ2n) is 3.54. The number of thiophene rings is 1. The molecule has 1 atom stereocenters. The number of hydrogen-bond acceptors (Lipinski definition) is 4. The van der Waals surface area contributed by atoms with Crippen LogP contribution >= 0.6 is 11.3 Å². The van der Waals surface area contributed by atoms with Crippen molar-refractivity contribution >= 4 is 17.1 Å². The second kappa shape index (κ2) is 5.37. The molecule has 0 aliphatic heterocycles. The molecule has 0 aromatic carbocycles. The fourth-order valence-corrected chi connectivity index (χ4v) is 2.29. The van der Waals surface area contributed by atoms with Crippen molar-refractivity contribution in [2.75, 3.05) is 0 Å². The first-order valence-electron chi connectivity index (χ1n) is 5.18. The molecule has 0 radical (unpaired) electrons. The average molecular weight is 242 g/mol. The summed E-state index contributed by atoms with van der Waals surface area (Å²) in [5, 5.41) is 11.0. The molecule has 2 aromatic heterocycles. The third-order valence-corrected chi connectivity index (χ3v) is 3.37. The lowest BCUT2D eigenvalue weighted by atomic mass is 10.0. The highest BCUT2D eigenvalue weighted by molar-refractivity contribution is 7.10. The van der Waals surface area contributed by atoms with Crippen LogP contribution in [0.2, 0.25) is 0 Å². The number of pyridine rings is 1. The van der Waals surface area contributed by atoms with Gasteiger partial charge in [-0.05, 0) is 23.6 Å². The smallest absolute Gasteiger partial charge is 0.182 e. The highest BCUT2D eigenvalue weighted by atomic mass is 32.1. The van der Waals surface area contributed by atoms with Crippen LogP contribution in [0.1, 0.15) is 27.7 Å². The van der Waals surface area contributed by atoms with Gasteiger partial charge in [0.1, 0.15) is 5.69 Å². The largest absolute Gasteiger partial charge is 0.292 e. The van der Waals surface area contributed by atoms with E-state index in [9.17, 15) is 4.79 Å². The SMILES string of the molecule is N#CC(CC(=O)c1ccccn1)c1cccs1. The van der Waals surface area contributed by atoms with Crippen LogP contribution in [0.5, 0.6) is 0 Å². The molecule has 0 fully saturated rings. The van der Waals surface area contributed by atoms with Crippen molar-refractivity contribution in [2.24, 2.45) is 0 Å². The zero-order valence-electron chi connectivity index (χ0n) is 9.04. The Kier molecular flexibility index (Phi) is 3.63. The summed E-state index contributed by atoms with van der Waals surface area (Å²) in [5.74, 6) is -0.463. The summed E-state index contributed by atoms with van der Waals surface area (Å²) < 4.78 is 0. The van der Waals surface area contributed by atoms with Crippen LogP contribution in [0.25, 0.3) is 0 Å². The number of carbonyl (C=O) groups is 1. The Labute approximate surface area is 103 Å². The Balaban J connectivity index is 2.11. The molecule has 3 nitrogen and oxygen atoms in total. The monoisotopic (exact) mass is 242 g/mol. The molecule has 0 aliphatic carbocycles. The first-order chi connectivity index (χ1) is 8.31. The van der Waals surface area contributed by atoms with Gasteiger partial charge in [0.2, 0.25) is 0 Å². The van der Waals surface area contributed by atoms with Crippen molar-refractivity contribution in [3.8, 4) is 6.07 Å². The number of hydrogen-bond donors (Lipinski definition) is 0. The van der Waals surface area contributed by atoms with Crippen molar-refractivity contribution in [1.29, 1.82) is 5.26 Å². The van der Waals surface area contributed by atoms with Gasteiger partial charge in [-0.15, -0.1) is 11.3 Å². The minimum absolute atomic E-state index is 0.0921. The van der Waals surface area contributed by atoms with Crippen molar-refractivity contribution in [3.63, 3.8) is 0 Å². The Morgan fingerprint density at radius 1 is 1.41 bits per heavy atom. The number of nitrogens with zero attached hydrogens (tertiary/aromatic N) is 2. The molecule has 0 saturated heterocycles. The van der Waals surface area contributed by atoms with Crippen molar-refractivity contribution < 1.29 is 4.79 Å². The van der Waals surface area contributed by atoms with Gasteiger partial charge in [-0.3, -0.25) is 9.78 Å². The van der Waals surface area contributed by atoms with Crippen molar-refractivity contribution in [1.82, 2.24) is 4.98 Å². The number of nitriles is 1. The van der Waals surface area contributed by atoms with E-state index in [2.05, 4.69) is 11.1 Å². The molecule has 4 heteroatoms. The Morgan fingerprint density at radius 2 is 2.29 bits per heavy atom. The summed E-state index contributed by atoms with van der Waals surface area (Å²) in [6, 6.07) is 11.1. The summed E-state index contributed by atoms with van der Waals surface area (Å²) in [7, 11) is 0. The average Bonchev–Trinajstić information content (AvgIpc) is 2.90. The van der Waals surface area contributed by atoms with Gasteiger partial charge >= 0.3 is 0 Å². The first-order valence-corrected chi connectivity index (χ1v) is 6.06. The normalized spacial score (nSPS) is 11.7. The van der Waals surface area contributed by atoms with Crippen LogP contribution in [0.15, 0.2) is 41.9 Å². The van der Waals surface area contributed by atoms with E-state index < -0.39 is 0 Å². The van der Waals surface area contributed by atoms with E-state index in [0.717, 1.165) is 4.88 Å². The van der Waals surface area contributed by atoms with E-state index in [-0.39, 0.29) is 18.1 Å². The van der Waals surface area contributed by atoms with Crippen LogP contribution in [0.4, 0.5) is 0 Å². The van der Waals surface area contributed by atoms with E-state index >= 15 is 0 Å². The predicted octanol–water partition coefficient (Wildman–Crippen LogP) is 3.02. The fourth-order valence-electron chi connectivity index (χ4n) is 1.52. The molecule has 0 aliphatic rings. The summed E-state index contributed by atoms with van der Waals surface area (Å²) in [4.78, 5) is 16.8. The van der Waals surface area contributed by atoms with Crippen LogP contribution in [0.3, 0.4) is 0 Å². The molecule has 84 valence electrons. The highest BCUT2D eigenvalue weighted by Crippen LogP contribution is 2.24. The Hall–Kier alpha value is -1.99. The van der Waals surface area contributed by atoms with Crippen LogP contribution < -0.4 is 0 Å². The molecule has 0 spiro atoms. The van der Waals surface area contributed by atoms with E-state index in [1.807, 2.05) is 17.5 Å². The highest BCUT2D eigenvalue weighted by Gasteiger charge is 2.18. The molecule has 1 unspecified atom stereocenters. The number of ketones is 1. The van der Waals surface area contributed by atoms with Gasteiger partial charge in [0.05, 0.1) is 12.0 Å². The minimum Gasteiger partial charge on any atom is -0.292 e. The van der Waals surface area contributed by atoms with Crippen LogP contribution in [-0.2, 0) is 0 Å². The summed E-state index contributed by atoms with van der Waals surface area (Å²) in [6.45, 7) is 0. The molecule has 2 heterocycles. The van der Waals surface area contributed by atoms with Crippen LogP contribution in [0, 0.1) is 11.3 Å². The van der Waals surface area contributed by atoms with Gasteiger partial charge in [-0.1, -0.05) is 12.1 Å². The topological polar surface area (TPSA) is 53.8 Å². The molecular formula is C13H10N2OS. The molecule has 0 bridgehead atoms. The van der Waals surface area contributed by atoms with Gasteiger partial charge in [-0.25, -0.2) is 0 Å². The number of aromatic nitrogens is 1. The maximum atomic E-state index is 11.9. The Bertz CT molecular complexity index is 528. The maximum Gasteiger partial charge on any atom is 0.182 e. The number of Topliss-reactive ketones (excluding diaryl/α,β-unsaturated/α-hetero) is 1. The van der Waals surface area contributed by atoms with Gasteiger partial charge in [0.15, 0.2) is 5.78 Å². The van der Waals surface area contributed by atoms with Gasteiger partial charge in [-0.2, -0.15) is 5.26 Å². The molecular weight excluding hydrogens is 232 g/mol. The van der Waals surface area contributed by atoms with Crippen LogP contribution in [-0.4, -0.2) is 10.8 Å². The predicted molar refractivity (Wildman–Crippen MR) is 65.9 cm³/mol. The summed E-state index contributed by atoms with van der Waals surface area (Å²) in [6.07, 6.45) is 1.77. The number of carbonyl (C=O) groups excluding carboxylic acids is 1. The maximum absolute atomic E-state index is 11.9. The lowest BCUT2D eigenvalue weighted by Crippen LogP contribution is -2.06. The molecule has 2 rings (SSSR count). The third kappa shape index (κ3) is 2.77. The first kappa shape index (κ1) is 11.5. The molecule has 0 saturated carbocycles. The van der Waals surface area contributed by atoms with Gasteiger partial charge < -0.3 is 0 Å². The quantitative estimate of drug-likeness (QED) is 0.774. The fraction of sp³-hybridized carbons (Fsp3) is 0.154. The standard InChI is InChI=1S/C13H10N2OS/c14-9-10(13-5-3-7-17-13)8-12(16)11-4-1-2-6-15-11/h1-7,10H,8H2. The Morgan fingerprint density at radius 3 is 2.88 bits per heavy atom.